The normalized spacial score (nSPS) is 21.4. The van der Waals surface area contributed by atoms with E-state index in [2.05, 4.69) is 5.32 Å². The second kappa shape index (κ2) is 7.48. The fourth-order valence-corrected chi connectivity index (χ4v) is 2.78. The second-order valence-electron chi connectivity index (χ2n) is 4.26. The van der Waals surface area contributed by atoms with E-state index in [-0.39, 0.29) is 25.0 Å². The third-order valence-corrected chi connectivity index (χ3v) is 4.03. The van der Waals surface area contributed by atoms with Gasteiger partial charge in [0.05, 0.1) is 12.5 Å². The lowest BCUT2D eigenvalue weighted by atomic mass is 10.2. The molecule has 1 rings (SSSR count). The van der Waals surface area contributed by atoms with Crippen molar-refractivity contribution in [2.45, 2.75) is 25.5 Å². The van der Waals surface area contributed by atoms with Crippen molar-refractivity contribution in [2.24, 2.45) is 0 Å². The summed E-state index contributed by atoms with van der Waals surface area (Å²) in [6.07, 6.45) is -0.594. The number of carboxylic acid groups (broad SMARTS) is 1. The molecule has 7 heteroatoms. The molecule has 2 amide bonds. The summed E-state index contributed by atoms with van der Waals surface area (Å²) in [6.45, 7) is 2.96. The predicted molar refractivity (Wildman–Crippen MR) is 69.9 cm³/mol. The van der Waals surface area contributed by atoms with Crippen LogP contribution in [0.4, 0.5) is 4.79 Å². The fraction of sp³-hybridized carbons (Fsp3) is 0.818. The van der Waals surface area contributed by atoms with Crippen molar-refractivity contribution in [2.75, 3.05) is 31.7 Å². The maximum Gasteiger partial charge on any atom is 0.317 e. The van der Waals surface area contributed by atoms with Gasteiger partial charge in [-0.1, -0.05) is 0 Å². The number of rotatable bonds is 5. The molecule has 1 fully saturated rings. The number of amides is 2. The van der Waals surface area contributed by atoms with Gasteiger partial charge in [0, 0.05) is 37.7 Å². The molecule has 0 bridgehead atoms. The van der Waals surface area contributed by atoms with Crippen LogP contribution in [-0.4, -0.2) is 65.9 Å². The van der Waals surface area contributed by atoms with Crippen molar-refractivity contribution in [3.05, 3.63) is 0 Å². The number of carbonyl (C=O) groups is 2. The number of thioether (sulfide) groups is 1. The maximum atomic E-state index is 11.9. The van der Waals surface area contributed by atoms with Crippen molar-refractivity contribution in [3.8, 4) is 0 Å². The summed E-state index contributed by atoms with van der Waals surface area (Å²) in [5.41, 5.74) is 0. The van der Waals surface area contributed by atoms with Gasteiger partial charge in [0.25, 0.3) is 0 Å². The molecule has 1 heterocycles. The molecule has 0 aliphatic carbocycles. The molecular weight excluding hydrogens is 256 g/mol. The molecule has 104 valence electrons. The number of aliphatic carboxylic acids is 1. The van der Waals surface area contributed by atoms with E-state index in [1.54, 1.807) is 4.90 Å². The highest BCUT2D eigenvalue weighted by atomic mass is 32.2. The van der Waals surface area contributed by atoms with E-state index in [4.69, 9.17) is 9.84 Å². The molecule has 0 saturated carbocycles. The highest BCUT2D eigenvalue weighted by Gasteiger charge is 2.24. The van der Waals surface area contributed by atoms with Crippen LogP contribution >= 0.6 is 11.8 Å². The van der Waals surface area contributed by atoms with Crippen molar-refractivity contribution < 1.29 is 19.4 Å². The van der Waals surface area contributed by atoms with E-state index >= 15 is 0 Å². The summed E-state index contributed by atoms with van der Waals surface area (Å²) < 4.78 is 5.01. The molecule has 2 N–H and O–H groups in total. The lowest BCUT2D eigenvalue weighted by molar-refractivity contribution is -0.139. The molecule has 0 aromatic rings. The molecule has 2 atom stereocenters. The number of urea groups is 1. The van der Waals surface area contributed by atoms with Gasteiger partial charge in [-0.05, 0) is 6.92 Å². The lowest BCUT2D eigenvalue weighted by Gasteiger charge is -2.33. The third-order valence-electron chi connectivity index (χ3n) is 2.85. The van der Waals surface area contributed by atoms with Crippen LogP contribution < -0.4 is 5.32 Å². The van der Waals surface area contributed by atoms with Gasteiger partial charge in [-0.3, -0.25) is 4.79 Å². The van der Waals surface area contributed by atoms with Crippen molar-refractivity contribution >= 4 is 23.8 Å². The Bertz CT molecular complexity index is 301. The number of ether oxygens (including phenoxy) is 1. The summed E-state index contributed by atoms with van der Waals surface area (Å²) in [4.78, 5) is 24.3. The molecule has 18 heavy (non-hydrogen) atoms. The van der Waals surface area contributed by atoms with Gasteiger partial charge in [0.2, 0.25) is 0 Å². The molecule has 0 aromatic carbocycles. The highest BCUT2D eigenvalue weighted by Crippen LogP contribution is 2.15. The Hall–Kier alpha value is -0.950. The van der Waals surface area contributed by atoms with Crippen LogP contribution in [0.25, 0.3) is 0 Å². The number of hydrogen-bond donors (Lipinski definition) is 2. The van der Waals surface area contributed by atoms with Gasteiger partial charge in [0.15, 0.2) is 0 Å². The van der Waals surface area contributed by atoms with Crippen LogP contribution in [0.3, 0.4) is 0 Å². The van der Waals surface area contributed by atoms with Gasteiger partial charge >= 0.3 is 12.0 Å². The Morgan fingerprint density at radius 1 is 1.61 bits per heavy atom. The standard InChI is InChI=1S/C11H20N2O4S/c1-8-7-18-4-3-13(8)11(16)12-6-9(17-2)5-10(14)15/h8-9H,3-7H2,1-2H3,(H,12,16)(H,14,15). The molecule has 2 unspecified atom stereocenters. The quantitative estimate of drug-likeness (QED) is 0.769. The Labute approximate surface area is 111 Å². The minimum absolute atomic E-state index is 0.109. The first kappa shape index (κ1) is 15.1. The number of nitrogens with zero attached hydrogens (tertiary/aromatic N) is 1. The molecule has 1 aliphatic rings. The smallest absolute Gasteiger partial charge is 0.317 e. The van der Waals surface area contributed by atoms with Crippen LogP contribution in [0.1, 0.15) is 13.3 Å². The second-order valence-corrected chi connectivity index (χ2v) is 5.41. The van der Waals surface area contributed by atoms with Crippen LogP contribution in [0, 0.1) is 0 Å². The van der Waals surface area contributed by atoms with Gasteiger partial charge in [-0.2, -0.15) is 11.8 Å². The average molecular weight is 276 g/mol. The van der Waals surface area contributed by atoms with E-state index in [1.807, 2.05) is 18.7 Å². The zero-order chi connectivity index (χ0) is 13.5. The zero-order valence-corrected chi connectivity index (χ0v) is 11.5. The van der Waals surface area contributed by atoms with Crippen molar-refractivity contribution in [1.29, 1.82) is 0 Å². The zero-order valence-electron chi connectivity index (χ0n) is 10.7. The maximum absolute atomic E-state index is 11.9. The van der Waals surface area contributed by atoms with Crippen molar-refractivity contribution in [3.63, 3.8) is 0 Å². The number of carboxylic acids is 1. The summed E-state index contributed by atoms with van der Waals surface area (Å²) in [7, 11) is 1.44. The van der Waals surface area contributed by atoms with E-state index in [1.165, 1.54) is 7.11 Å². The van der Waals surface area contributed by atoms with Gasteiger partial charge in [0.1, 0.15) is 0 Å². The van der Waals surface area contributed by atoms with Crippen LogP contribution in [-0.2, 0) is 9.53 Å². The van der Waals surface area contributed by atoms with Gasteiger partial charge in [-0.15, -0.1) is 0 Å². The molecule has 0 spiro atoms. The Kier molecular flexibility index (Phi) is 6.28. The summed E-state index contributed by atoms with van der Waals surface area (Å²) in [5.74, 6) is 0.954. The highest BCUT2D eigenvalue weighted by molar-refractivity contribution is 7.99. The summed E-state index contributed by atoms with van der Waals surface area (Å²) in [5, 5.41) is 11.4. The number of carbonyl (C=O) groups excluding carboxylic acids is 1. The van der Waals surface area contributed by atoms with Gasteiger partial charge in [-0.25, -0.2) is 4.79 Å². The van der Waals surface area contributed by atoms with Crippen molar-refractivity contribution in [1.82, 2.24) is 10.2 Å². The molecule has 0 aromatic heterocycles. The lowest BCUT2D eigenvalue weighted by Crippen LogP contribution is -2.50. The van der Waals surface area contributed by atoms with E-state index in [0.717, 1.165) is 18.1 Å². The summed E-state index contributed by atoms with van der Waals surface area (Å²) in [6, 6.07) is 0.0689. The molecule has 1 saturated heterocycles. The minimum atomic E-state index is -0.932. The van der Waals surface area contributed by atoms with Crippen LogP contribution in [0.2, 0.25) is 0 Å². The topological polar surface area (TPSA) is 78.9 Å². The summed E-state index contributed by atoms with van der Waals surface area (Å²) >= 11 is 1.84. The Morgan fingerprint density at radius 2 is 2.33 bits per heavy atom. The van der Waals surface area contributed by atoms with Crippen LogP contribution in [0.15, 0.2) is 0 Å². The Balaban J connectivity index is 2.36. The molecule has 0 radical (unpaired) electrons. The molecular formula is C11H20N2O4S. The predicted octanol–water partition coefficient (Wildman–Crippen LogP) is 0.623. The largest absolute Gasteiger partial charge is 0.481 e. The molecule has 1 aliphatic heterocycles. The third kappa shape index (κ3) is 4.73. The average Bonchev–Trinajstić information content (AvgIpc) is 2.34. The monoisotopic (exact) mass is 276 g/mol. The van der Waals surface area contributed by atoms with E-state index < -0.39 is 12.1 Å². The first-order valence-electron chi connectivity index (χ1n) is 5.91. The number of methoxy groups -OCH3 is 1. The van der Waals surface area contributed by atoms with Gasteiger partial charge < -0.3 is 20.1 Å². The number of hydrogen-bond acceptors (Lipinski definition) is 4. The first-order chi connectivity index (χ1) is 8.54. The van der Waals surface area contributed by atoms with Crippen LogP contribution in [0.5, 0.6) is 0 Å². The van der Waals surface area contributed by atoms with E-state index in [9.17, 15) is 9.59 Å². The van der Waals surface area contributed by atoms with E-state index in [0.29, 0.717) is 0 Å². The molecule has 6 nitrogen and oxygen atoms in total. The number of nitrogens with one attached hydrogen (secondary N) is 1. The first-order valence-corrected chi connectivity index (χ1v) is 7.07. The minimum Gasteiger partial charge on any atom is -0.481 e. The Morgan fingerprint density at radius 3 is 2.89 bits per heavy atom. The fourth-order valence-electron chi connectivity index (χ4n) is 1.77. The SMILES string of the molecule is COC(CNC(=O)N1CCSCC1C)CC(=O)O.